The van der Waals surface area contributed by atoms with Gasteiger partial charge < -0.3 is 0 Å². The Hall–Kier alpha value is -0.760. The van der Waals surface area contributed by atoms with Gasteiger partial charge >= 0.3 is 0 Å². The normalized spacial score (nSPS) is 27.4. The minimum absolute atomic E-state index is 0.0205. The molecule has 2 unspecified atom stereocenters. The molecule has 2 nitrogen and oxygen atoms in total. The lowest BCUT2D eigenvalue weighted by Crippen LogP contribution is -2.27. The van der Waals surface area contributed by atoms with Crippen molar-refractivity contribution in [3.63, 3.8) is 0 Å². The molecule has 0 aliphatic heterocycles. The maximum Gasteiger partial charge on any atom is 0.248 e. The zero-order chi connectivity index (χ0) is 10.6. The summed E-state index contributed by atoms with van der Waals surface area (Å²) < 4.78 is 26.2. The van der Waals surface area contributed by atoms with Crippen molar-refractivity contribution in [3.05, 3.63) is 0 Å². The van der Waals surface area contributed by atoms with Crippen LogP contribution in [0.2, 0.25) is 0 Å². The minimum Gasteiger partial charge on any atom is -0.211 e. The van der Waals surface area contributed by atoms with Crippen LogP contribution >= 0.6 is 0 Å². The number of carbonyl (C=O) groups excluding carboxylic acids is 1. The molecule has 1 saturated carbocycles. The first kappa shape index (κ1) is 11.3. The van der Waals surface area contributed by atoms with Gasteiger partial charge in [-0.2, -0.15) is 0 Å². The van der Waals surface area contributed by atoms with Gasteiger partial charge in [-0.25, -0.2) is 18.6 Å². The predicted octanol–water partition coefficient (Wildman–Crippen LogP) is 2.78. The predicted molar refractivity (Wildman–Crippen MR) is 49.1 cm³/mol. The van der Waals surface area contributed by atoms with Gasteiger partial charge in [-0.3, -0.25) is 0 Å². The summed E-state index contributed by atoms with van der Waals surface area (Å²) in [5, 5.41) is 0. The van der Waals surface area contributed by atoms with Crippen LogP contribution in [-0.4, -0.2) is 18.5 Å². The van der Waals surface area contributed by atoms with Crippen LogP contribution in [0.25, 0.3) is 0 Å². The lowest BCUT2D eigenvalue weighted by Gasteiger charge is -2.24. The highest BCUT2D eigenvalue weighted by Gasteiger charge is 2.42. The molecule has 1 fully saturated rings. The van der Waals surface area contributed by atoms with E-state index in [2.05, 4.69) is 4.99 Å². The van der Waals surface area contributed by atoms with Gasteiger partial charge in [0.25, 0.3) is 0 Å². The molecule has 0 saturated heterocycles. The lowest BCUT2D eigenvalue weighted by atomic mass is 9.88. The second kappa shape index (κ2) is 4.65. The monoisotopic (exact) mass is 203 g/mol. The molecule has 0 N–H and O–H groups in total. The number of alkyl halides is 2. The Morgan fingerprint density at radius 3 is 2.79 bits per heavy atom. The third kappa shape index (κ3) is 2.88. The van der Waals surface area contributed by atoms with Crippen LogP contribution in [-0.2, 0) is 4.79 Å². The van der Waals surface area contributed by atoms with E-state index >= 15 is 0 Å². The fourth-order valence-corrected chi connectivity index (χ4v) is 2.33. The van der Waals surface area contributed by atoms with Crippen molar-refractivity contribution < 1.29 is 13.6 Å². The SMILES string of the molecule is CC(F)(F)C1CCCC1CCN=C=O. The molecule has 0 amide bonds. The Morgan fingerprint density at radius 1 is 1.50 bits per heavy atom. The van der Waals surface area contributed by atoms with Crippen molar-refractivity contribution in [2.75, 3.05) is 6.54 Å². The first-order chi connectivity index (χ1) is 6.55. The minimum atomic E-state index is -2.59. The fraction of sp³-hybridized carbons (Fsp3) is 0.900. The van der Waals surface area contributed by atoms with Crippen molar-refractivity contribution in [2.24, 2.45) is 16.8 Å². The smallest absolute Gasteiger partial charge is 0.211 e. The maximum absolute atomic E-state index is 13.1. The largest absolute Gasteiger partial charge is 0.248 e. The first-order valence-corrected chi connectivity index (χ1v) is 4.97. The van der Waals surface area contributed by atoms with E-state index in [1.807, 2.05) is 0 Å². The van der Waals surface area contributed by atoms with Gasteiger partial charge in [0.05, 0.1) is 6.54 Å². The van der Waals surface area contributed by atoms with Gasteiger partial charge in [-0.1, -0.05) is 6.42 Å². The van der Waals surface area contributed by atoms with Crippen molar-refractivity contribution >= 4 is 6.08 Å². The molecule has 4 heteroatoms. The Morgan fingerprint density at radius 2 is 2.21 bits per heavy atom. The highest BCUT2D eigenvalue weighted by Crippen LogP contribution is 2.43. The summed E-state index contributed by atoms with van der Waals surface area (Å²) in [6, 6.07) is 0. The molecule has 1 rings (SSSR count). The zero-order valence-corrected chi connectivity index (χ0v) is 8.30. The molecular formula is C10H15F2NO. The molecule has 1 aliphatic carbocycles. The molecular weight excluding hydrogens is 188 g/mol. The quantitative estimate of drug-likeness (QED) is 0.510. The third-order valence-electron chi connectivity index (χ3n) is 2.99. The van der Waals surface area contributed by atoms with E-state index in [0.29, 0.717) is 19.4 Å². The standard InChI is InChI=1S/C10H15F2NO/c1-10(11,12)9-4-2-3-8(9)5-6-13-7-14/h8-9H,2-6H2,1H3. The van der Waals surface area contributed by atoms with Crippen molar-refractivity contribution in [3.8, 4) is 0 Å². The van der Waals surface area contributed by atoms with Crippen molar-refractivity contribution in [1.29, 1.82) is 0 Å². The molecule has 0 heterocycles. The molecule has 14 heavy (non-hydrogen) atoms. The second-order valence-corrected chi connectivity index (χ2v) is 4.02. The van der Waals surface area contributed by atoms with E-state index in [9.17, 15) is 13.6 Å². The summed E-state index contributed by atoms with van der Waals surface area (Å²) >= 11 is 0. The second-order valence-electron chi connectivity index (χ2n) is 4.02. The maximum atomic E-state index is 13.1. The highest BCUT2D eigenvalue weighted by molar-refractivity contribution is 5.32. The van der Waals surface area contributed by atoms with Crippen LogP contribution in [0, 0.1) is 11.8 Å². The van der Waals surface area contributed by atoms with Gasteiger partial charge in [0.15, 0.2) is 0 Å². The number of nitrogens with zero attached hydrogens (tertiary/aromatic N) is 1. The van der Waals surface area contributed by atoms with E-state index < -0.39 is 11.8 Å². The van der Waals surface area contributed by atoms with E-state index in [-0.39, 0.29) is 5.92 Å². The molecule has 0 spiro atoms. The van der Waals surface area contributed by atoms with Crippen LogP contribution < -0.4 is 0 Å². The molecule has 0 radical (unpaired) electrons. The Bertz CT molecular complexity index is 231. The van der Waals surface area contributed by atoms with Crippen LogP contribution in [0.3, 0.4) is 0 Å². The van der Waals surface area contributed by atoms with Crippen LogP contribution in [0.5, 0.6) is 0 Å². The number of halogens is 2. The molecule has 80 valence electrons. The molecule has 1 aliphatic rings. The zero-order valence-electron chi connectivity index (χ0n) is 8.30. The van der Waals surface area contributed by atoms with Crippen molar-refractivity contribution in [1.82, 2.24) is 0 Å². The first-order valence-electron chi connectivity index (χ1n) is 4.97. The number of rotatable bonds is 4. The van der Waals surface area contributed by atoms with Crippen LogP contribution in [0.1, 0.15) is 32.6 Å². The summed E-state index contributed by atoms with van der Waals surface area (Å²) in [4.78, 5) is 13.2. The van der Waals surface area contributed by atoms with E-state index in [1.54, 1.807) is 0 Å². The molecule has 0 aromatic rings. The number of isocyanates is 1. The van der Waals surface area contributed by atoms with Crippen molar-refractivity contribution in [2.45, 2.75) is 38.5 Å². The summed E-state index contributed by atoms with van der Waals surface area (Å²) in [5.74, 6) is -3.09. The Balaban J connectivity index is 2.47. The van der Waals surface area contributed by atoms with Gasteiger partial charge in [-0.05, 0) is 32.1 Å². The molecule has 2 atom stereocenters. The van der Waals surface area contributed by atoms with E-state index in [4.69, 9.17) is 0 Å². The Kier molecular flexibility index (Phi) is 3.76. The topological polar surface area (TPSA) is 29.4 Å². The van der Waals surface area contributed by atoms with Gasteiger partial charge in [-0.15, -0.1) is 0 Å². The fourth-order valence-electron chi connectivity index (χ4n) is 2.33. The molecule has 0 aromatic heterocycles. The molecule has 0 aromatic carbocycles. The van der Waals surface area contributed by atoms with Gasteiger partial charge in [0, 0.05) is 5.92 Å². The number of aliphatic imine (C=N–C) groups is 1. The van der Waals surface area contributed by atoms with E-state index in [1.165, 1.54) is 6.08 Å². The third-order valence-corrected chi connectivity index (χ3v) is 2.99. The highest BCUT2D eigenvalue weighted by atomic mass is 19.3. The summed E-state index contributed by atoms with van der Waals surface area (Å²) in [5.41, 5.74) is 0. The number of hydrogen-bond acceptors (Lipinski definition) is 2. The average molecular weight is 203 g/mol. The lowest BCUT2D eigenvalue weighted by molar-refractivity contribution is -0.0548. The van der Waals surface area contributed by atoms with Crippen LogP contribution in [0.4, 0.5) is 8.78 Å². The Labute approximate surface area is 82.4 Å². The number of hydrogen-bond donors (Lipinski definition) is 0. The average Bonchev–Trinajstić information content (AvgIpc) is 2.52. The van der Waals surface area contributed by atoms with Gasteiger partial charge in [0.2, 0.25) is 12.0 Å². The van der Waals surface area contributed by atoms with Crippen LogP contribution in [0.15, 0.2) is 4.99 Å². The summed E-state index contributed by atoms with van der Waals surface area (Å²) in [6.45, 7) is 1.32. The van der Waals surface area contributed by atoms with E-state index in [0.717, 1.165) is 19.8 Å². The molecule has 0 bridgehead atoms. The van der Waals surface area contributed by atoms with Gasteiger partial charge in [0.1, 0.15) is 0 Å². The summed E-state index contributed by atoms with van der Waals surface area (Å²) in [7, 11) is 0. The summed E-state index contributed by atoms with van der Waals surface area (Å²) in [6.07, 6.45) is 4.32.